The van der Waals surface area contributed by atoms with Crippen molar-refractivity contribution in [3.8, 4) is 11.5 Å². The summed E-state index contributed by atoms with van der Waals surface area (Å²) >= 11 is 0. The molecule has 9 nitrogen and oxygen atoms in total. The minimum atomic E-state index is -0.810. The predicted molar refractivity (Wildman–Crippen MR) is 112 cm³/mol. The van der Waals surface area contributed by atoms with E-state index in [4.69, 9.17) is 18.6 Å². The van der Waals surface area contributed by atoms with E-state index in [0.29, 0.717) is 54.9 Å². The number of Topliss-reactive ketones (excluding diaryl/α,β-unsaturated/α-hetero) is 1. The van der Waals surface area contributed by atoms with Crippen LogP contribution in [0.3, 0.4) is 0 Å². The van der Waals surface area contributed by atoms with Crippen LogP contribution in [-0.4, -0.2) is 72.8 Å². The number of morpholine rings is 1. The number of amides is 1. The highest BCUT2D eigenvalue weighted by atomic mass is 16.7. The summed E-state index contributed by atoms with van der Waals surface area (Å²) in [5.74, 6) is 0.468. The van der Waals surface area contributed by atoms with Crippen molar-refractivity contribution >= 4 is 17.4 Å². The number of ether oxygens (including phenoxy) is 3. The number of aliphatic hydroxyl groups excluding tert-OH is 1. The minimum absolute atomic E-state index is 0.00481. The molecule has 0 aliphatic carbocycles. The number of aliphatic hydroxyl groups is 1. The van der Waals surface area contributed by atoms with Gasteiger partial charge in [-0.3, -0.25) is 14.5 Å². The molecular weight excluding hydrogens is 416 g/mol. The third-order valence-corrected chi connectivity index (χ3v) is 5.98. The molecule has 0 spiro atoms. The largest absolute Gasteiger partial charge is 0.507 e. The highest BCUT2D eigenvalue weighted by Crippen LogP contribution is 2.41. The highest BCUT2D eigenvalue weighted by molar-refractivity contribution is 6.46. The van der Waals surface area contributed by atoms with Gasteiger partial charge in [-0.15, -0.1) is 0 Å². The standard InChI is InChI=1S/C23H24N2O7/c1-14-2-4-17(32-14)20-19(21(26)15-3-5-16-18(12-15)31-13-30-16)22(27)23(28)25(20)7-6-24-8-10-29-11-9-24/h2-5,12,20,26H,6-11,13H2,1H3. The summed E-state index contributed by atoms with van der Waals surface area (Å²) < 4.78 is 21.9. The van der Waals surface area contributed by atoms with Crippen LogP contribution in [0, 0.1) is 6.92 Å². The number of hydrogen-bond donors (Lipinski definition) is 1. The van der Waals surface area contributed by atoms with Crippen molar-refractivity contribution in [1.82, 2.24) is 9.80 Å². The topological polar surface area (TPSA) is 102 Å². The maximum Gasteiger partial charge on any atom is 0.295 e. The number of benzene rings is 1. The molecule has 4 heterocycles. The fraction of sp³-hybridized carbons (Fsp3) is 0.391. The Morgan fingerprint density at radius 2 is 1.84 bits per heavy atom. The van der Waals surface area contributed by atoms with Crippen molar-refractivity contribution in [1.29, 1.82) is 0 Å². The molecule has 2 fully saturated rings. The van der Waals surface area contributed by atoms with E-state index in [0.717, 1.165) is 13.1 Å². The van der Waals surface area contributed by atoms with Gasteiger partial charge in [0.15, 0.2) is 11.5 Å². The summed E-state index contributed by atoms with van der Waals surface area (Å²) in [6.07, 6.45) is 0. The molecule has 3 aliphatic heterocycles. The van der Waals surface area contributed by atoms with Gasteiger partial charge in [0, 0.05) is 31.7 Å². The molecule has 168 valence electrons. The van der Waals surface area contributed by atoms with Crippen LogP contribution < -0.4 is 9.47 Å². The smallest absolute Gasteiger partial charge is 0.295 e. The van der Waals surface area contributed by atoms with Gasteiger partial charge in [-0.25, -0.2) is 0 Å². The molecule has 1 amide bonds. The lowest BCUT2D eigenvalue weighted by Crippen LogP contribution is -2.42. The Bertz CT molecular complexity index is 1080. The van der Waals surface area contributed by atoms with Crippen molar-refractivity contribution in [2.24, 2.45) is 0 Å². The second-order valence-corrected chi connectivity index (χ2v) is 7.96. The average Bonchev–Trinajstić information content (AvgIpc) is 3.51. The van der Waals surface area contributed by atoms with Crippen LogP contribution in [0.15, 0.2) is 40.3 Å². The van der Waals surface area contributed by atoms with Gasteiger partial charge in [-0.05, 0) is 37.3 Å². The summed E-state index contributed by atoms with van der Waals surface area (Å²) in [4.78, 5) is 29.7. The molecule has 1 aromatic carbocycles. The van der Waals surface area contributed by atoms with Gasteiger partial charge < -0.3 is 28.6 Å². The Balaban J connectivity index is 1.52. The summed E-state index contributed by atoms with van der Waals surface area (Å²) in [7, 11) is 0. The van der Waals surface area contributed by atoms with Crippen LogP contribution in [-0.2, 0) is 14.3 Å². The van der Waals surface area contributed by atoms with E-state index in [-0.39, 0.29) is 18.1 Å². The number of fused-ring (bicyclic) bond motifs is 1. The first kappa shape index (κ1) is 20.6. The van der Waals surface area contributed by atoms with Crippen molar-refractivity contribution in [3.63, 3.8) is 0 Å². The zero-order valence-corrected chi connectivity index (χ0v) is 17.7. The molecule has 3 aliphatic rings. The molecular formula is C23H24N2O7. The number of hydrogen-bond acceptors (Lipinski definition) is 8. The predicted octanol–water partition coefficient (Wildman–Crippen LogP) is 2.07. The molecule has 2 aromatic rings. The van der Waals surface area contributed by atoms with E-state index in [9.17, 15) is 14.7 Å². The monoisotopic (exact) mass is 440 g/mol. The average molecular weight is 440 g/mol. The van der Waals surface area contributed by atoms with E-state index < -0.39 is 17.7 Å². The van der Waals surface area contributed by atoms with Crippen LogP contribution >= 0.6 is 0 Å². The lowest BCUT2D eigenvalue weighted by Gasteiger charge is -2.30. The maximum absolute atomic E-state index is 13.1. The molecule has 2 saturated heterocycles. The van der Waals surface area contributed by atoms with Crippen molar-refractivity contribution in [2.45, 2.75) is 13.0 Å². The SMILES string of the molecule is Cc1ccc(C2C(=C(O)c3ccc4c(c3)OCO4)C(=O)C(=O)N2CCN2CCOCC2)o1. The fourth-order valence-electron chi connectivity index (χ4n) is 4.28. The molecule has 0 radical (unpaired) electrons. The van der Waals surface area contributed by atoms with Gasteiger partial charge in [0.2, 0.25) is 6.79 Å². The third-order valence-electron chi connectivity index (χ3n) is 5.98. The lowest BCUT2D eigenvalue weighted by atomic mass is 9.99. The van der Waals surface area contributed by atoms with Crippen molar-refractivity contribution in [3.05, 3.63) is 53.0 Å². The van der Waals surface area contributed by atoms with Gasteiger partial charge >= 0.3 is 0 Å². The number of rotatable bonds is 5. The molecule has 1 atom stereocenters. The zero-order chi connectivity index (χ0) is 22.2. The molecule has 32 heavy (non-hydrogen) atoms. The highest BCUT2D eigenvalue weighted by Gasteiger charge is 2.47. The van der Waals surface area contributed by atoms with Crippen molar-refractivity contribution < 1.29 is 33.3 Å². The number of aryl methyl sites for hydroxylation is 1. The number of furan rings is 1. The number of nitrogens with zero attached hydrogens (tertiary/aromatic N) is 2. The van der Waals surface area contributed by atoms with Crippen LogP contribution in [0.4, 0.5) is 0 Å². The Morgan fingerprint density at radius 3 is 2.59 bits per heavy atom. The van der Waals surface area contributed by atoms with Gasteiger partial charge in [-0.1, -0.05) is 0 Å². The molecule has 1 unspecified atom stereocenters. The van der Waals surface area contributed by atoms with Crippen LogP contribution in [0.2, 0.25) is 0 Å². The van der Waals surface area contributed by atoms with Gasteiger partial charge in [0.05, 0.1) is 18.8 Å². The first-order valence-corrected chi connectivity index (χ1v) is 10.6. The Kier molecular flexibility index (Phi) is 5.36. The quantitative estimate of drug-likeness (QED) is 0.428. The summed E-state index contributed by atoms with van der Waals surface area (Å²) in [6, 6.07) is 7.60. The van der Waals surface area contributed by atoms with E-state index in [2.05, 4.69) is 4.90 Å². The number of ketones is 1. The Morgan fingerprint density at radius 1 is 1.06 bits per heavy atom. The molecule has 0 bridgehead atoms. The molecule has 0 saturated carbocycles. The summed E-state index contributed by atoms with van der Waals surface area (Å²) in [6.45, 7) is 5.63. The summed E-state index contributed by atoms with van der Waals surface area (Å²) in [5.41, 5.74) is 0.374. The van der Waals surface area contributed by atoms with Gasteiger partial charge in [-0.2, -0.15) is 0 Å². The van der Waals surface area contributed by atoms with Crippen LogP contribution in [0.1, 0.15) is 23.1 Å². The minimum Gasteiger partial charge on any atom is -0.507 e. The Labute approximate surface area is 184 Å². The molecule has 9 heteroatoms. The van der Waals surface area contributed by atoms with E-state index in [1.807, 2.05) is 0 Å². The number of carbonyl (C=O) groups excluding carboxylic acids is 2. The van der Waals surface area contributed by atoms with E-state index >= 15 is 0 Å². The lowest BCUT2D eigenvalue weighted by molar-refractivity contribution is -0.140. The number of likely N-dealkylation sites (tertiary alicyclic amines) is 1. The first-order chi connectivity index (χ1) is 15.5. The molecule has 1 N–H and O–H groups in total. The molecule has 5 rings (SSSR count). The maximum atomic E-state index is 13.1. The normalized spacial score (nSPS) is 22.7. The van der Waals surface area contributed by atoms with E-state index in [1.54, 1.807) is 37.3 Å². The first-order valence-electron chi connectivity index (χ1n) is 10.6. The van der Waals surface area contributed by atoms with Gasteiger partial charge in [0.25, 0.3) is 11.7 Å². The fourth-order valence-corrected chi connectivity index (χ4v) is 4.28. The van der Waals surface area contributed by atoms with Crippen LogP contribution in [0.25, 0.3) is 5.76 Å². The second kappa shape index (κ2) is 8.33. The Hall–Kier alpha value is -3.30. The van der Waals surface area contributed by atoms with Crippen LogP contribution in [0.5, 0.6) is 11.5 Å². The van der Waals surface area contributed by atoms with Crippen molar-refractivity contribution in [2.75, 3.05) is 46.2 Å². The van der Waals surface area contributed by atoms with Gasteiger partial charge in [0.1, 0.15) is 23.3 Å². The third kappa shape index (κ3) is 3.63. The summed E-state index contributed by atoms with van der Waals surface area (Å²) in [5, 5.41) is 11.1. The second-order valence-electron chi connectivity index (χ2n) is 7.96. The zero-order valence-electron chi connectivity index (χ0n) is 17.7. The number of carbonyl (C=O) groups is 2. The molecule has 1 aromatic heterocycles. The van der Waals surface area contributed by atoms with E-state index in [1.165, 1.54) is 4.90 Å².